The van der Waals surface area contributed by atoms with E-state index in [4.69, 9.17) is 12.2 Å². The highest BCUT2D eigenvalue weighted by Crippen LogP contribution is 2.24. The van der Waals surface area contributed by atoms with Gasteiger partial charge in [0.25, 0.3) is 5.91 Å². The molecule has 1 amide bonds. The van der Waals surface area contributed by atoms with Crippen LogP contribution in [0.5, 0.6) is 0 Å². The molecule has 7 heteroatoms. The highest BCUT2D eigenvalue weighted by atomic mass is 32.1. The molecule has 2 aromatic heterocycles. The first-order valence-electron chi connectivity index (χ1n) is 9.34. The van der Waals surface area contributed by atoms with Crippen LogP contribution in [0.15, 0.2) is 79.1 Å². The fourth-order valence-corrected chi connectivity index (χ4v) is 3.27. The Morgan fingerprint density at radius 1 is 0.933 bits per heavy atom. The van der Waals surface area contributed by atoms with E-state index in [0.717, 1.165) is 27.7 Å². The van der Waals surface area contributed by atoms with Crippen molar-refractivity contribution >= 4 is 39.8 Å². The third-order valence-electron chi connectivity index (χ3n) is 4.50. The third kappa shape index (κ3) is 4.42. The number of aromatic nitrogens is 2. The number of pyridine rings is 2. The number of carbonyl (C=O) groups is 1. The molecular formula is C23H19N5OS. The Morgan fingerprint density at radius 2 is 1.73 bits per heavy atom. The van der Waals surface area contributed by atoms with Gasteiger partial charge in [-0.25, -0.2) is 4.98 Å². The monoisotopic (exact) mass is 413 g/mol. The lowest BCUT2D eigenvalue weighted by Crippen LogP contribution is -2.43. The SMILES string of the molecule is Cc1cccc(NC(=S)NNC(=O)c2cc(-c3ccncc3)nc3ccccc23)c1. The van der Waals surface area contributed by atoms with Gasteiger partial charge >= 0.3 is 0 Å². The van der Waals surface area contributed by atoms with E-state index in [-0.39, 0.29) is 5.91 Å². The van der Waals surface area contributed by atoms with Crippen LogP contribution < -0.4 is 16.2 Å². The zero-order valence-electron chi connectivity index (χ0n) is 16.2. The second kappa shape index (κ2) is 8.67. The highest BCUT2D eigenvalue weighted by Gasteiger charge is 2.14. The third-order valence-corrected chi connectivity index (χ3v) is 4.71. The van der Waals surface area contributed by atoms with E-state index in [1.54, 1.807) is 18.5 Å². The highest BCUT2D eigenvalue weighted by molar-refractivity contribution is 7.80. The van der Waals surface area contributed by atoms with Crippen LogP contribution in [0.4, 0.5) is 5.69 Å². The Labute approximate surface area is 179 Å². The van der Waals surface area contributed by atoms with Gasteiger partial charge in [-0.3, -0.25) is 20.6 Å². The summed E-state index contributed by atoms with van der Waals surface area (Å²) >= 11 is 5.29. The summed E-state index contributed by atoms with van der Waals surface area (Å²) in [6.45, 7) is 2.00. The van der Waals surface area contributed by atoms with E-state index in [0.29, 0.717) is 16.4 Å². The first kappa shape index (κ1) is 19.5. The minimum atomic E-state index is -0.308. The van der Waals surface area contributed by atoms with Crippen molar-refractivity contribution in [3.8, 4) is 11.3 Å². The molecule has 4 rings (SSSR count). The summed E-state index contributed by atoms with van der Waals surface area (Å²) in [5, 5.41) is 4.10. The fraction of sp³-hybridized carbons (Fsp3) is 0.0435. The number of hydrogen-bond acceptors (Lipinski definition) is 4. The molecule has 0 saturated heterocycles. The Bertz CT molecular complexity index is 1230. The van der Waals surface area contributed by atoms with Crippen molar-refractivity contribution < 1.29 is 4.79 Å². The number of hydrazine groups is 1. The van der Waals surface area contributed by atoms with E-state index in [9.17, 15) is 4.79 Å². The van der Waals surface area contributed by atoms with Crippen LogP contribution in [-0.2, 0) is 0 Å². The number of amides is 1. The van der Waals surface area contributed by atoms with Gasteiger partial charge < -0.3 is 5.32 Å². The quantitative estimate of drug-likeness (QED) is 0.344. The average Bonchev–Trinajstić information content (AvgIpc) is 2.77. The second-order valence-electron chi connectivity index (χ2n) is 6.71. The molecule has 0 radical (unpaired) electrons. The van der Waals surface area contributed by atoms with E-state index in [2.05, 4.69) is 26.1 Å². The second-order valence-corrected chi connectivity index (χ2v) is 7.12. The molecule has 2 aromatic carbocycles. The number of aryl methyl sites for hydroxylation is 1. The molecule has 0 bridgehead atoms. The summed E-state index contributed by atoms with van der Waals surface area (Å²) in [5.74, 6) is -0.308. The van der Waals surface area contributed by atoms with Gasteiger partial charge in [0.05, 0.1) is 16.8 Å². The van der Waals surface area contributed by atoms with Gasteiger partial charge in [-0.15, -0.1) is 0 Å². The predicted octanol–water partition coefficient (Wildman–Crippen LogP) is 4.24. The number of benzene rings is 2. The standard InChI is InChI=1S/C23H19N5OS/c1-15-5-4-6-17(13-15)25-23(30)28-27-22(29)19-14-21(16-9-11-24-12-10-16)26-20-8-3-2-7-18(19)20/h2-14H,1H3,(H,27,29)(H2,25,28,30). The molecule has 2 heterocycles. The van der Waals surface area contributed by atoms with Crippen molar-refractivity contribution in [2.24, 2.45) is 0 Å². The van der Waals surface area contributed by atoms with Gasteiger partial charge in [0.15, 0.2) is 5.11 Å². The Kier molecular flexibility index (Phi) is 5.63. The van der Waals surface area contributed by atoms with E-state index in [1.807, 2.05) is 67.6 Å². The van der Waals surface area contributed by atoms with Gasteiger partial charge in [-0.05, 0) is 61.1 Å². The van der Waals surface area contributed by atoms with Gasteiger partial charge in [0.2, 0.25) is 0 Å². The predicted molar refractivity (Wildman–Crippen MR) is 123 cm³/mol. The lowest BCUT2D eigenvalue weighted by atomic mass is 10.0. The van der Waals surface area contributed by atoms with Crippen LogP contribution >= 0.6 is 12.2 Å². The number of para-hydroxylation sites is 1. The number of anilines is 1. The van der Waals surface area contributed by atoms with E-state index < -0.39 is 0 Å². The lowest BCUT2D eigenvalue weighted by Gasteiger charge is -2.14. The maximum absolute atomic E-state index is 13.0. The van der Waals surface area contributed by atoms with Crippen molar-refractivity contribution in [3.05, 3.63) is 90.3 Å². The van der Waals surface area contributed by atoms with E-state index >= 15 is 0 Å². The van der Waals surface area contributed by atoms with Crippen LogP contribution in [-0.4, -0.2) is 21.0 Å². The molecule has 3 N–H and O–H groups in total. The molecular weight excluding hydrogens is 394 g/mol. The van der Waals surface area contributed by atoms with Crippen LogP contribution in [0.25, 0.3) is 22.2 Å². The summed E-state index contributed by atoms with van der Waals surface area (Å²) in [4.78, 5) is 21.7. The number of hydrogen-bond donors (Lipinski definition) is 3. The summed E-state index contributed by atoms with van der Waals surface area (Å²) in [7, 11) is 0. The number of nitrogens with zero attached hydrogens (tertiary/aromatic N) is 2. The molecule has 30 heavy (non-hydrogen) atoms. The first-order chi connectivity index (χ1) is 14.6. The molecule has 0 spiro atoms. The zero-order valence-corrected chi connectivity index (χ0v) is 17.0. The number of nitrogens with one attached hydrogen (secondary N) is 3. The van der Waals surface area contributed by atoms with Gasteiger partial charge in [0.1, 0.15) is 0 Å². The minimum Gasteiger partial charge on any atom is -0.331 e. The van der Waals surface area contributed by atoms with Crippen molar-refractivity contribution in [1.82, 2.24) is 20.8 Å². The lowest BCUT2D eigenvalue weighted by molar-refractivity contribution is 0.0946. The summed E-state index contributed by atoms with van der Waals surface area (Å²) in [5.41, 5.74) is 10.2. The molecule has 0 aliphatic heterocycles. The van der Waals surface area contributed by atoms with Crippen molar-refractivity contribution in [3.63, 3.8) is 0 Å². The number of rotatable bonds is 3. The molecule has 4 aromatic rings. The van der Waals surface area contributed by atoms with Gasteiger partial charge in [-0.1, -0.05) is 30.3 Å². The molecule has 0 fully saturated rings. The largest absolute Gasteiger partial charge is 0.331 e. The van der Waals surface area contributed by atoms with Crippen LogP contribution in [0, 0.1) is 6.92 Å². The smallest absolute Gasteiger partial charge is 0.270 e. The molecule has 0 atom stereocenters. The van der Waals surface area contributed by atoms with Crippen molar-refractivity contribution in [1.29, 1.82) is 0 Å². The topological polar surface area (TPSA) is 78.9 Å². The number of fused-ring (bicyclic) bond motifs is 1. The van der Waals surface area contributed by atoms with Gasteiger partial charge in [0, 0.05) is 29.0 Å². The Balaban J connectivity index is 1.56. The van der Waals surface area contributed by atoms with Gasteiger partial charge in [-0.2, -0.15) is 0 Å². The molecule has 0 unspecified atom stereocenters. The maximum Gasteiger partial charge on any atom is 0.270 e. The van der Waals surface area contributed by atoms with Crippen molar-refractivity contribution in [2.45, 2.75) is 6.92 Å². The van der Waals surface area contributed by atoms with Crippen LogP contribution in [0.3, 0.4) is 0 Å². The molecule has 0 aliphatic rings. The maximum atomic E-state index is 13.0. The van der Waals surface area contributed by atoms with Crippen LogP contribution in [0.1, 0.15) is 15.9 Å². The Morgan fingerprint density at radius 3 is 2.53 bits per heavy atom. The fourth-order valence-electron chi connectivity index (χ4n) is 3.10. The Hall–Kier alpha value is -3.84. The van der Waals surface area contributed by atoms with E-state index in [1.165, 1.54) is 0 Å². The molecule has 6 nitrogen and oxygen atoms in total. The molecule has 148 valence electrons. The normalized spacial score (nSPS) is 10.4. The first-order valence-corrected chi connectivity index (χ1v) is 9.75. The van der Waals surface area contributed by atoms with Crippen LogP contribution in [0.2, 0.25) is 0 Å². The number of carbonyl (C=O) groups excluding carboxylic acids is 1. The summed E-state index contributed by atoms with van der Waals surface area (Å²) in [6, 6.07) is 20.8. The molecule has 0 saturated carbocycles. The minimum absolute atomic E-state index is 0.293. The zero-order chi connectivity index (χ0) is 20.9. The van der Waals surface area contributed by atoms with Crippen molar-refractivity contribution in [2.75, 3.05) is 5.32 Å². The average molecular weight is 414 g/mol. The number of thiocarbonyl (C=S) groups is 1. The molecule has 0 aliphatic carbocycles. The summed E-state index contributed by atoms with van der Waals surface area (Å²) < 4.78 is 0. The summed E-state index contributed by atoms with van der Waals surface area (Å²) in [6.07, 6.45) is 3.39.